The fourth-order valence-corrected chi connectivity index (χ4v) is 6.92. The van der Waals surface area contributed by atoms with Crippen LogP contribution >= 0.6 is 11.3 Å². The van der Waals surface area contributed by atoms with Gasteiger partial charge in [-0.1, -0.05) is 12.8 Å². The highest BCUT2D eigenvalue weighted by atomic mass is 32.1. The molecule has 1 aliphatic heterocycles. The molecular formula is C26H34N4O2S. The maximum Gasteiger partial charge on any atom is 0.257 e. The Kier molecular flexibility index (Phi) is 7.07. The highest BCUT2D eigenvalue weighted by Gasteiger charge is 2.29. The first-order chi connectivity index (χ1) is 16.2. The Labute approximate surface area is 200 Å². The Morgan fingerprint density at radius 3 is 2.58 bits per heavy atom. The van der Waals surface area contributed by atoms with Crippen molar-refractivity contribution in [2.24, 2.45) is 5.92 Å². The molecule has 3 aliphatic rings. The summed E-state index contributed by atoms with van der Waals surface area (Å²) in [5, 5.41) is 7.02. The number of nitrogens with zero attached hydrogens (tertiary/aromatic N) is 2. The summed E-state index contributed by atoms with van der Waals surface area (Å²) in [5.41, 5.74) is 2.34. The van der Waals surface area contributed by atoms with E-state index < -0.39 is 0 Å². The first kappa shape index (κ1) is 22.5. The van der Waals surface area contributed by atoms with E-state index in [-0.39, 0.29) is 17.9 Å². The molecule has 1 saturated carbocycles. The van der Waals surface area contributed by atoms with E-state index in [2.05, 4.69) is 20.5 Å². The van der Waals surface area contributed by atoms with Crippen molar-refractivity contribution < 1.29 is 9.59 Å². The van der Waals surface area contributed by atoms with E-state index in [1.807, 2.05) is 0 Å². The van der Waals surface area contributed by atoms with E-state index >= 15 is 0 Å². The maximum atomic E-state index is 13.5. The molecule has 6 nitrogen and oxygen atoms in total. The van der Waals surface area contributed by atoms with Gasteiger partial charge in [0.15, 0.2) is 0 Å². The first-order valence-electron chi connectivity index (χ1n) is 12.6. The van der Waals surface area contributed by atoms with Gasteiger partial charge in [-0.3, -0.25) is 14.6 Å². The zero-order valence-corrected chi connectivity index (χ0v) is 20.1. The zero-order chi connectivity index (χ0) is 22.6. The number of amides is 2. The normalized spacial score (nSPS) is 19.9. The van der Waals surface area contributed by atoms with Crippen LogP contribution in [-0.4, -0.2) is 47.4 Å². The monoisotopic (exact) mass is 466 g/mol. The van der Waals surface area contributed by atoms with E-state index in [0.717, 1.165) is 63.1 Å². The summed E-state index contributed by atoms with van der Waals surface area (Å²) in [5.74, 6) is 0.639. The number of fused-ring (bicyclic) bond motifs is 1. The number of piperidine rings is 1. The van der Waals surface area contributed by atoms with Crippen molar-refractivity contribution in [1.29, 1.82) is 0 Å². The molecule has 2 aromatic rings. The molecule has 0 unspecified atom stereocenters. The minimum absolute atomic E-state index is 0.0230. The van der Waals surface area contributed by atoms with Crippen molar-refractivity contribution in [2.45, 2.75) is 70.3 Å². The summed E-state index contributed by atoms with van der Waals surface area (Å²) >= 11 is 1.57. The summed E-state index contributed by atoms with van der Waals surface area (Å²) in [6.07, 6.45) is 14.9. The second-order valence-corrected chi connectivity index (χ2v) is 10.9. The lowest BCUT2D eigenvalue weighted by Gasteiger charge is -2.34. The number of anilines is 1. The minimum Gasteiger partial charge on any atom is -0.349 e. The number of nitrogens with one attached hydrogen (secondary N) is 2. The van der Waals surface area contributed by atoms with E-state index in [1.54, 1.807) is 35.9 Å². The van der Waals surface area contributed by atoms with Crippen molar-refractivity contribution in [2.75, 3.05) is 25.0 Å². The Morgan fingerprint density at radius 2 is 1.82 bits per heavy atom. The second kappa shape index (κ2) is 10.3. The Hall–Kier alpha value is -2.25. The highest BCUT2D eigenvalue weighted by molar-refractivity contribution is 7.17. The molecule has 3 heterocycles. The lowest BCUT2D eigenvalue weighted by molar-refractivity contribution is 0.0906. The van der Waals surface area contributed by atoms with Crippen LogP contribution in [0, 0.1) is 5.92 Å². The fraction of sp³-hybridized carbons (Fsp3) is 0.577. The maximum absolute atomic E-state index is 13.5. The molecule has 2 N–H and O–H groups in total. The van der Waals surface area contributed by atoms with Gasteiger partial charge in [0.2, 0.25) is 0 Å². The van der Waals surface area contributed by atoms with Crippen LogP contribution < -0.4 is 10.6 Å². The van der Waals surface area contributed by atoms with Crippen LogP contribution in [0.15, 0.2) is 24.5 Å². The summed E-state index contributed by atoms with van der Waals surface area (Å²) < 4.78 is 0. The third-order valence-corrected chi connectivity index (χ3v) is 8.67. The number of pyridine rings is 1. The minimum atomic E-state index is -0.212. The SMILES string of the molecule is O=C(Nc1sc2c(c1C(=O)NC1CCN(CC3CCCC3)CC1)CCCC2)c1cccnc1. The molecule has 0 spiro atoms. The summed E-state index contributed by atoms with van der Waals surface area (Å²) in [4.78, 5) is 34.1. The number of rotatable bonds is 6. The quantitative estimate of drug-likeness (QED) is 0.649. The Morgan fingerprint density at radius 1 is 1.03 bits per heavy atom. The number of carbonyl (C=O) groups excluding carboxylic acids is 2. The molecule has 2 aromatic heterocycles. The van der Waals surface area contributed by atoms with Crippen LogP contribution in [0.5, 0.6) is 0 Å². The molecule has 2 aliphatic carbocycles. The highest BCUT2D eigenvalue weighted by Crippen LogP contribution is 2.38. The van der Waals surface area contributed by atoms with E-state index in [0.29, 0.717) is 16.1 Å². The van der Waals surface area contributed by atoms with Crippen LogP contribution in [0.2, 0.25) is 0 Å². The van der Waals surface area contributed by atoms with Gasteiger partial charge in [-0.2, -0.15) is 0 Å². The van der Waals surface area contributed by atoms with E-state index in [9.17, 15) is 9.59 Å². The van der Waals surface area contributed by atoms with Gasteiger partial charge in [-0.25, -0.2) is 0 Å². The lowest BCUT2D eigenvalue weighted by atomic mass is 9.94. The van der Waals surface area contributed by atoms with Crippen LogP contribution in [0.3, 0.4) is 0 Å². The van der Waals surface area contributed by atoms with Gasteiger partial charge < -0.3 is 15.5 Å². The molecule has 7 heteroatoms. The molecule has 2 fully saturated rings. The van der Waals surface area contributed by atoms with Gasteiger partial charge in [0.25, 0.3) is 11.8 Å². The summed E-state index contributed by atoms with van der Waals surface area (Å²) in [7, 11) is 0. The van der Waals surface area contributed by atoms with Crippen LogP contribution in [0.1, 0.15) is 82.5 Å². The van der Waals surface area contributed by atoms with Gasteiger partial charge in [-0.15, -0.1) is 11.3 Å². The molecule has 0 atom stereocenters. The third kappa shape index (κ3) is 5.30. The number of thiophene rings is 1. The lowest BCUT2D eigenvalue weighted by Crippen LogP contribution is -2.45. The molecular weight excluding hydrogens is 432 g/mol. The Balaban J connectivity index is 1.25. The van der Waals surface area contributed by atoms with Gasteiger partial charge in [0, 0.05) is 42.9 Å². The summed E-state index contributed by atoms with van der Waals surface area (Å²) in [6.45, 7) is 3.35. The van der Waals surface area contributed by atoms with Gasteiger partial charge in [0.1, 0.15) is 5.00 Å². The largest absolute Gasteiger partial charge is 0.349 e. The molecule has 0 bridgehead atoms. The number of hydrogen-bond donors (Lipinski definition) is 2. The van der Waals surface area contributed by atoms with Crippen LogP contribution in [0.4, 0.5) is 5.00 Å². The Bertz CT molecular complexity index is 976. The van der Waals surface area contributed by atoms with Crippen molar-refractivity contribution in [3.63, 3.8) is 0 Å². The standard InChI is InChI=1S/C26H34N4O2S/c31-24(19-8-5-13-27-16-19)29-26-23(21-9-3-4-10-22(21)33-26)25(32)28-20-11-14-30(15-12-20)17-18-6-1-2-7-18/h5,8,13,16,18,20H,1-4,6-7,9-12,14-15,17H2,(H,28,32)(H,29,31). The molecule has 33 heavy (non-hydrogen) atoms. The molecule has 5 rings (SSSR count). The van der Waals surface area contributed by atoms with Gasteiger partial charge >= 0.3 is 0 Å². The fourth-order valence-electron chi connectivity index (χ4n) is 5.64. The number of aromatic nitrogens is 1. The topological polar surface area (TPSA) is 74.3 Å². The molecule has 2 amide bonds. The third-order valence-electron chi connectivity index (χ3n) is 7.46. The summed E-state index contributed by atoms with van der Waals surface area (Å²) in [6, 6.07) is 3.70. The predicted molar refractivity (Wildman–Crippen MR) is 132 cm³/mol. The zero-order valence-electron chi connectivity index (χ0n) is 19.3. The van der Waals surface area contributed by atoms with Crippen LogP contribution in [0.25, 0.3) is 0 Å². The predicted octanol–water partition coefficient (Wildman–Crippen LogP) is 4.66. The molecule has 0 aromatic carbocycles. The number of aryl methyl sites for hydroxylation is 1. The van der Waals surface area contributed by atoms with Gasteiger partial charge in [0.05, 0.1) is 11.1 Å². The van der Waals surface area contributed by atoms with Crippen molar-refractivity contribution in [1.82, 2.24) is 15.2 Å². The average Bonchev–Trinajstić information content (AvgIpc) is 3.48. The second-order valence-electron chi connectivity index (χ2n) is 9.81. The first-order valence-corrected chi connectivity index (χ1v) is 13.4. The smallest absolute Gasteiger partial charge is 0.257 e. The van der Waals surface area contributed by atoms with Crippen molar-refractivity contribution in [3.05, 3.63) is 46.1 Å². The van der Waals surface area contributed by atoms with Crippen LogP contribution in [-0.2, 0) is 12.8 Å². The average molecular weight is 467 g/mol. The van der Waals surface area contributed by atoms with E-state index in [1.165, 1.54) is 37.1 Å². The van der Waals surface area contributed by atoms with Gasteiger partial charge in [-0.05, 0) is 75.0 Å². The van der Waals surface area contributed by atoms with Crippen molar-refractivity contribution >= 4 is 28.2 Å². The molecule has 1 saturated heterocycles. The van der Waals surface area contributed by atoms with E-state index in [4.69, 9.17) is 0 Å². The van der Waals surface area contributed by atoms with Crippen molar-refractivity contribution in [3.8, 4) is 0 Å². The molecule has 0 radical (unpaired) electrons. The number of hydrogen-bond acceptors (Lipinski definition) is 5. The number of likely N-dealkylation sites (tertiary alicyclic amines) is 1. The molecule has 176 valence electrons. The number of carbonyl (C=O) groups is 2.